The average Bonchev–Trinajstić information content (AvgIpc) is 2.34. The third kappa shape index (κ3) is 1.46. The number of hydrogen-bond donors (Lipinski definition) is 2. The van der Waals surface area contributed by atoms with Crippen LogP contribution in [0.1, 0.15) is 6.42 Å². The van der Waals surface area contributed by atoms with E-state index in [-0.39, 0.29) is 18.1 Å². The summed E-state index contributed by atoms with van der Waals surface area (Å²) in [7, 11) is 1.59. The standard InChI is InChI=1S/C6H12N2O2/c1-8-6(9)5-2-4(7)3-10-5/h4-5H,2-3,7H2,1H3,(H,8,9). The fraction of sp³-hybridized carbons (Fsp3) is 0.833. The summed E-state index contributed by atoms with van der Waals surface area (Å²) in [4.78, 5) is 10.9. The first-order valence-corrected chi connectivity index (χ1v) is 3.33. The van der Waals surface area contributed by atoms with Crippen molar-refractivity contribution >= 4 is 5.91 Å². The van der Waals surface area contributed by atoms with Crippen LogP contribution in [-0.2, 0) is 9.53 Å². The molecule has 1 saturated heterocycles. The Morgan fingerprint density at radius 2 is 2.50 bits per heavy atom. The van der Waals surface area contributed by atoms with Crippen molar-refractivity contribution in [2.75, 3.05) is 13.7 Å². The number of carbonyl (C=O) groups excluding carboxylic acids is 1. The molecule has 2 atom stereocenters. The van der Waals surface area contributed by atoms with Gasteiger partial charge in [0.2, 0.25) is 5.91 Å². The van der Waals surface area contributed by atoms with Crippen LogP contribution in [0, 0.1) is 0 Å². The summed E-state index contributed by atoms with van der Waals surface area (Å²) in [5.74, 6) is -0.0760. The second-order valence-corrected chi connectivity index (χ2v) is 2.43. The first-order chi connectivity index (χ1) is 4.74. The lowest BCUT2D eigenvalue weighted by Gasteiger charge is -2.05. The van der Waals surface area contributed by atoms with Crippen LogP contribution in [0.25, 0.3) is 0 Å². The summed E-state index contributed by atoms with van der Waals surface area (Å²) in [5, 5.41) is 2.51. The summed E-state index contributed by atoms with van der Waals surface area (Å²) in [6.45, 7) is 0.498. The number of nitrogens with one attached hydrogen (secondary N) is 1. The van der Waals surface area contributed by atoms with Crippen LogP contribution < -0.4 is 11.1 Å². The van der Waals surface area contributed by atoms with E-state index < -0.39 is 0 Å². The largest absolute Gasteiger partial charge is 0.367 e. The van der Waals surface area contributed by atoms with Crippen LogP contribution in [0.15, 0.2) is 0 Å². The smallest absolute Gasteiger partial charge is 0.248 e. The molecular formula is C6H12N2O2. The van der Waals surface area contributed by atoms with Crippen molar-refractivity contribution in [3.63, 3.8) is 0 Å². The fourth-order valence-electron chi connectivity index (χ4n) is 0.995. The predicted molar refractivity (Wildman–Crippen MR) is 36.4 cm³/mol. The van der Waals surface area contributed by atoms with Gasteiger partial charge in [-0.1, -0.05) is 0 Å². The van der Waals surface area contributed by atoms with Gasteiger partial charge in [0.1, 0.15) is 6.10 Å². The molecule has 0 aliphatic carbocycles. The highest BCUT2D eigenvalue weighted by atomic mass is 16.5. The van der Waals surface area contributed by atoms with Crippen molar-refractivity contribution < 1.29 is 9.53 Å². The van der Waals surface area contributed by atoms with Crippen molar-refractivity contribution in [2.24, 2.45) is 5.73 Å². The molecule has 0 aromatic heterocycles. The van der Waals surface area contributed by atoms with Crippen LogP contribution in [0.3, 0.4) is 0 Å². The highest BCUT2D eigenvalue weighted by Crippen LogP contribution is 2.10. The summed E-state index contributed by atoms with van der Waals surface area (Å²) in [6, 6.07) is 0.0299. The molecule has 0 saturated carbocycles. The summed E-state index contributed by atoms with van der Waals surface area (Å²) < 4.78 is 5.08. The zero-order valence-electron chi connectivity index (χ0n) is 5.96. The number of nitrogens with two attached hydrogens (primary N) is 1. The zero-order chi connectivity index (χ0) is 7.56. The Kier molecular flexibility index (Phi) is 2.24. The van der Waals surface area contributed by atoms with Crippen molar-refractivity contribution in [2.45, 2.75) is 18.6 Å². The number of hydrogen-bond acceptors (Lipinski definition) is 3. The molecule has 0 aromatic rings. The Bertz CT molecular complexity index is 138. The van der Waals surface area contributed by atoms with Gasteiger partial charge in [-0.3, -0.25) is 4.79 Å². The minimum absolute atomic E-state index is 0.0299. The maximum absolute atomic E-state index is 10.9. The van der Waals surface area contributed by atoms with Gasteiger partial charge >= 0.3 is 0 Å². The molecule has 4 nitrogen and oxygen atoms in total. The van der Waals surface area contributed by atoms with E-state index in [0.717, 1.165) is 0 Å². The molecule has 4 heteroatoms. The van der Waals surface area contributed by atoms with Gasteiger partial charge in [-0.15, -0.1) is 0 Å². The lowest BCUT2D eigenvalue weighted by molar-refractivity contribution is -0.129. The van der Waals surface area contributed by atoms with Crippen LogP contribution >= 0.6 is 0 Å². The molecular weight excluding hydrogens is 132 g/mol. The lowest BCUT2D eigenvalue weighted by Crippen LogP contribution is -2.31. The second-order valence-electron chi connectivity index (χ2n) is 2.43. The topological polar surface area (TPSA) is 64.4 Å². The molecule has 0 bridgehead atoms. The zero-order valence-corrected chi connectivity index (χ0v) is 5.96. The number of likely N-dealkylation sites (N-methyl/N-ethyl adjacent to an activating group) is 1. The van der Waals surface area contributed by atoms with Gasteiger partial charge in [-0.25, -0.2) is 0 Å². The van der Waals surface area contributed by atoms with Gasteiger partial charge in [0.25, 0.3) is 0 Å². The molecule has 0 spiro atoms. The van der Waals surface area contributed by atoms with E-state index in [4.69, 9.17) is 10.5 Å². The molecule has 1 fully saturated rings. The van der Waals surface area contributed by atoms with E-state index in [1.165, 1.54) is 0 Å². The molecule has 10 heavy (non-hydrogen) atoms. The molecule has 1 aliphatic rings. The fourth-order valence-corrected chi connectivity index (χ4v) is 0.995. The van der Waals surface area contributed by atoms with Crippen LogP contribution in [-0.4, -0.2) is 31.7 Å². The van der Waals surface area contributed by atoms with E-state index in [0.29, 0.717) is 13.0 Å². The Morgan fingerprint density at radius 3 is 2.90 bits per heavy atom. The Hall–Kier alpha value is -0.610. The highest BCUT2D eigenvalue weighted by molar-refractivity contribution is 5.80. The van der Waals surface area contributed by atoms with Crippen LogP contribution in [0.5, 0.6) is 0 Å². The monoisotopic (exact) mass is 144 g/mol. The molecule has 1 rings (SSSR count). The quantitative estimate of drug-likeness (QED) is 0.488. The van der Waals surface area contributed by atoms with Crippen molar-refractivity contribution in [3.05, 3.63) is 0 Å². The first kappa shape index (κ1) is 7.50. The molecule has 1 aliphatic heterocycles. The second kappa shape index (κ2) is 2.98. The number of amides is 1. The predicted octanol–water partition coefficient (Wildman–Crippen LogP) is -1.15. The van der Waals surface area contributed by atoms with Gasteiger partial charge in [0, 0.05) is 13.1 Å². The Balaban J connectivity index is 2.37. The van der Waals surface area contributed by atoms with E-state index in [2.05, 4.69) is 5.32 Å². The van der Waals surface area contributed by atoms with E-state index in [1.54, 1.807) is 7.05 Å². The third-order valence-corrected chi connectivity index (χ3v) is 1.57. The summed E-state index contributed by atoms with van der Waals surface area (Å²) >= 11 is 0. The lowest BCUT2D eigenvalue weighted by atomic mass is 10.2. The van der Waals surface area contributed by atoms with Crippen molar-refractivity contribution in [3.8, 4) is 0 Å². The maximum atomic E-state index is 10.9. The minimum atomic E-state index is -0.319. The van der Waals surface area contributed by atoms with Crippen LogP contribution in [0.4, 0.5) is 0 Å². The Labute approximate surface area is 59.7 Å². The Morgan fingerprint density at radius 1 is 1.80 bits per heavy atom. The molecule has 1 heterocycles. The van der Waals surface area contributed by atoms with E-state index >= 15 is 0 Å². The molecule has 58 valence electrons. The van der Waals surface area contributed by atoms with E-state index in [1.807, 2.05) is 0 Å². The molecule has 2 unspecified atom stereocenters. The van der Waals surface area contributed by atoms with Gasteiger partial charge in [0.15, 0.2) is 0 Å². The number of rotatable bonds is 1. The maximum Gasteiger partial charge on any atom is 0.248 e. The molecule has 0 aromatic carbocycles. The summed E-state index contributed by atoms with van der Waals surface area (Å²) in [5.41, 5.74) is 5.51. The summed E-state index contributed by atoms with van der Waals surface area (Å²) in [6.07, 6.45) is 0.319. The normalized spacial score (nSPS) is 32.2. The van der Waals surface area contributed by atoms with Crippen molar-refractivity contribution in [1.82, 2.24) is 5.32 Å². The van der Waals surface area contributed by atoms with Crippen molar-refractivity contribution in [1.29, 1.82) is 0 Å². The van der Waals surface area contributed by atoms with Gasteiger partial charge in [-0.2, -0.15) is 0 Å². The molecule has 1 amide bonds. The first-order valence-electron chi connectivity index (χ1n) is 3.33. The SMILES string of the molecule is CNC(=O)C1CC(N)CO1. The number of carbonyl (C=O) groups is 1. The van der Waals surface area contributed by atoms with Gasteiger partial charge in [0.05, 0.1) is 6.61 Å². The average molecular weight is 144 g/mol. The third-order valence-electron chi connectivity index (χ3n) is 1.57. The van der Waals surface area contributed by atoms with Crippen LogP contribution in [0.2, 0.25) is 0 Å². The molecule has 3 N–H and O–H groups in total. The van der Waals surface area contributed by atoms with E-state index in [9.17, 15) is 4.79 Å². The number of ether oxygens (including phenoxy) is 1. The van der Waals surface area contributed by atoms with Gasteiger partial charge < -0.3 is 15.8 Å². The minimum Gasteiger partial charge on any atom is -0.367 e. The highest BCUT2D eigenvalue weighted by Gasteiger charge is 2.27. The van der Waals surface area contributed by atoms with Gasteiger partial charge in [-0.05, 0) is 6.42 Å². The molecule has 0 radical (unpaired) electrons.